The predicted molar refractivity (Wildman–Crippen MR) is 86.3 cm³/mol. The first-order valence-electron chi connectivity index (χ1n) is 7.51. The van der Waals surface area contributed by atoms with Gasteiger partial charge in [-0.05, 0) is 25.0 Å². The maximum absolute atomic E-state index is 12.1. The van der Waals surface area contributed by atoms with Crippen molar-refractivity contribution in [3.63, 3.8) is 0 Å². The van der Waals surface area contributed by atoms with Gasteiger partial charge in [0.1, 0.15) is 11.1 Å². The molecule has 0 unspecified atom stereocenters. The number of aryl methyl sites for hydroxylation is 1. The number of benzene rings is 1. The molecule has 3 aromatic rings. The lowest BCUT2D eigenvalue weighted by Crippen LogP contribution is -2.29. The van der Waals surface area contributed by atoms with Gasteiger partial charge in [-0.15, -0.1) is 0 Å². The van der Waals surface area contributed by atoms with Gasteiger partial charge >= 0.3 is 5.63 Å². The summed E-state index contributed by atoms with van der Waals surface area (Å²) in [5.41, 5.74) is -0.0905. The van der Waals surface area contributed by atoms with Gasteiger partial charge in [-0.1, -0.05) is 18.2 Å². The van der Waals surface area contributed by atoms with Crippen molar-refractivity contribution in [2.45, 2.75) is 19.4 Å². The van der Waals surface area contributed by atoms with Crippen molar-refractivity contribution in [3.8, 4) is 0 Å². The molecule has 0 aliphatic rings. The molecular formula is C17H17N3O3. The highest BCUT2D eigenvalue weighted by molar-refractivity contribution is 5.96. The second kappa shape index (κ2) is 6.91. The van der Waals surface area contributed by atoms with Crippen molar-refractivity contribution in [2.75, 3.05) is 6.54 Å². The summed E-state index contributed by atoms with van der Waals surface area (Å²) in [7, 11) is 0. The maximum Gasteiger partial charge on any atom is 0.349 e. The molecule has 0 spiro atoms. The highest BCUT2D eigenvalue weighted by atomic mass is 16.4. The number of amides is 1. The fourth-order valence-electron chi connectivity index (χ4n) is 2.36. The van der Waals surface area contributed by atoms with E-state index < -0.39 is 11.5 Å². The number of rotatable bonds is 6. The second-order valence-electron chi connectivity index (χ2n) is 5.25. The van der Waals surface area contributed by atoms with Crippen LogP contribution >= 0.6 is 0 Å². The summed E-state index contributed by atoms with van der Waals surface area (Å²) < 4.78 is 7.15. The zero-order valence-electron chi connectivity index (χ0n) is 12.6. The largest absolute Gasteiger partial charge is 0.422 e. The third kappa shape index (κ3) is 3.66. The lowest BCUT2D eigenvalue weighted by Gasteiger charge is -2.06. The number of imidazole rings is 1. The standard InChI is InChI=1S/C17H17N3O3/c21-16(19-7-3-4-9-20-10-8-18-12-20)14-11-13-5-1-2-6-15(13)23-17(14)22/h1-2,5-6,8,10-12H,3-4,7,9H2,(H,19,21). The van der Waals surface area contributed by atoms with E-state index in [4.69, 9.17) is 4.42 Å². The molecule has 2 heterocycles. The van der Waals surface area contributed by atoms with Crippen LogP contribution in [0.1, 0.15) is 23.2 Å². The van der Waals surface area contributed by atoms with Crippen LogP contribution in [0.4, 0.5) is 0 Å². The summed E-state index contributed by atoms with van der Waals surface area (Å²) in [5, 5.41) is 3.49. The Morgan fingerprint density at radius 2 is 2.13 bits per heavy atom. The number of carbonyl (C=O) groups excluding carboxylic acids is 1. The highest BCUT2D eigenvalue weighted by Crippen LogP contribution is 2.12. The van der Waals surface area contributed by atoms with Crippen molar-refractivity contribution in [1.82, 2.24) is 14.9 Å². The number of nitrogens with one attached hydrogen (secondary N) is 1. The summed E-state index contributed by atoms with van der Waals surface area (Å²) in [6, 6.07) is 8.70. The summed E-state index contributed by atoms with van der Waals surface area (Å²) in [4.78, 5) is 28.0. The van der Waals surface area contributed by atoms with Gasteiger partial charge in [0.15, 0.2) is 0 Å². The first-order chi connectivity index (χ1) is 11.2. The highest BCUT2D eigenvalue weighted by Gasteiger charge is 2.12. The molecule has 0 fully saturated rings. The molecule has 1 aromatic carbocycles. The number of nitrogens with zero attached hydrogens (tertiary/aromatic N) is 2. The van der Waals surface area contributed by atoms with Gasteiger partial charge in [-0.3, -0.25) is 4.79 Å². The molecule has 2 aromatic heterocycles. The zero-order valence-corrected chi connectivity index (χ0v) is 12.6. The minimum Gasteiger partial charge on any atom is -0.422 e. The number of para-hydroxylation sites is 1. The van der Waals surface area contributed by atoms with Crippen LogP contribution in [0.2, 0.25) is 0 Å². The first-order valence-corrected chi connectivity index (χ1v) is 7.51. The molecule has 1 N–H and O–H groups in total. The van der Waals surface area contributed by atoms with E-state index in [0.717, 1.165) is 24.8 Å². The number of hydrogen-bond acceptors (Lipinski definition) is 4. The topological polar surface area (TPSA) is 77.1 Å². The molecule has 1 amide bonds. The summed E-state index contributed by atoms with van der Waals surface area (Å²) in [6.45, 7) is 1.37. The van der Waals surface area contributed by atoms with E-state index in [-0.39, 0.29) is 5.56 Å². The first kappa shape index (κ1) is 15.0. The van der Waals surface area contributed by atoms with Crippen LogP contribution < -0.4 is 10.9 Å². The van der Waals surface area contributed by atoms with Crippen molar-refractivity contribution >= 4 is 16.9 Å². The van der Waals surface area contributed by atoms with E-state index in [9.17, 15) is 9.59 Å². The Hall–Kier alpha value is -2.89. The third-order valence-corrected chi connectivity index (χ3v) is 3.57. The van der Waals surface area contributed by atoms with Crippen molar-refractivity contribution in [3.05, 3.63) is 65.0 Å². The fraction of sp³-hybridized carbons (Fsp3) is 0.235. The number of unbranched alkanes of at least 4 members (excludes halogenated alkanes) is 1. The van der Waals surface area contributed by atoms with E-state index >= 15 is 0 Å². The van der Waals surface area contributed by atoms with Gasteiger partial charge in [0.25, 0.3) is 5.91 Å². The lowest BCUT2D eigenvalue weighted by molar-refractivity contribution is 0.0949. The van der Waals surface area contributed by atoms with Crippen LogP contribution in [0.5, 0.6) is 0 Å². The van der Waals surface area contributed by atoms with Gasteiger partial charge in [-0.25, -0.2) is 9.78 Å². The van der Waals surface area contributed by atoms with Gasteiger partial charge in [0, 0.05) is 30.9 Å². The molecule has 0 bridgehead atoms. The molecule has 6 nitrogen and oxygen atoms in total. The van der Waals surface area contributed by atoms with Gasteiger partial charge in [0.2, 0.25) is 0 Å². The number of aromatic nitrogens is 2. The predicted octanol–water partition coefficient (Wildman–Crippen LogP) is 2.20. The molecule has 0 aliphatic heterocycles. The average molecular weight is 311 g/mol. The molecule has 0 radical (unpaired) electrons. The quantitative estimate of drug-likeness (QED) is 0.559. The van der Waals surface area contributed by atoms with Crippen molar-refractivity contribution in [2.24, 2.45) is 0 Å². The van der Waals surface area contributed by atoms with E-state index in [1.54, 1.807) is 36.8 Å². The Kier molecular flexibility index (Phi) is 4.52. The van der Waals surface area contributed by atoms with Crippen molar-refractivity contribution in [1.29, 1.82) is 0 Å². The zero-order chi connectivity index (χ0) is 16.1. The fourth-order valence-corrected chi connectivity index (χ4v) is 2.36. The summed E-state index contributed by atoms with van der Waals surface area (Å²) >= 11 is 0. The smallest absolute Gasteiger partial charge is 0.349 e. The number of carbonyl (C=O) groups is 1. The minimum absolute atomic E-state index is 0.0401. The van der Waals surface area contributed by atoms with Crippen molar-refractivity contribution < 1.29 is 9.21 Å². The van der Waals surface area contributed by atoms with E-state index in [1.165, 1.54) is 0 Å². The van der Waals surface area contributed by atoms with E-state index in [1.807, 2.05) is 16.8 Å². The van der Waals surface area contributed by atoms with Crippen LogP contribution in [0.3, 0.4) is 0 Å². The van der Waals surface area contributed by atoms with Crippen LogP contribution in [-0.2, 0) is 6.54 Å². The number of hydrogen-bond donors (Lipinski definition) is 1. The molecule has 118 valence electrons. The third-order valence-electron chi connectivity index (χ3n) is 3.57. The Morgan fingerprint density at radius 1 is 1.26 bits per heavy atom. The Bertz CT molecular complexity index is 853. The second-order valence-corrected chi connectivity index (χ2v) is 5.25. The summed E-state index contributed by atoms with van der Waals surface area (Å²) in [5.74, 6) is -0.396. The minimum atomic E-state index is -0.611. The molecule has 3 rings (SSSR count). The van der Waals surface area contributed by atoms with Crippen LogP contribution in [0, 0.1) is 0 Å². The normalized spacial score (nSPS) is 10.8. The van der Waals surface area contributed by atoms with E-state index in [2.05, 4.69) is 10.3 Å². The molecule has 23 heavy (non-hydrogen) atoms. The lowest BCUT2D eigenvalue weighted by atomic mass is 10.2. The Labute approximate surface area is 132 Å². The SMILES string of the molecule is O=C(NCCCCn1ccnc1)c1cc2ccccc2oc1=O. The van der Waals surface area contributed by atoms with Gasteiger partial charge in [-0.2, -0.15) is 0 Å². The number of fused-ring (bicyclic) bond motifs is 1. The van der Waals surface area contributed by atoms with Gasteiger partial charge in [0.05, 0.1) is 6.33 Å². The maximum atomic E-state index is 12.1. The Morgan fingerprint density at radius 3 is 2.96 bits per heavy atom. The van der Waals surface area contributed by atoms with Crippen LogP contribution in [-0.4, -0.2) is 22.0 Å². The van der Waals surface area contributed by atoms with Gasteiger partial charge < -0.3 is 14.3 Å². The summed E-state index contributed by atoms with van der Waals surface area (Å²) in [6.07, 6.45) is 7.14. The van der Waals surface area contributed by atoms with E-state index in [0.29, 0.717) is 12.1 Å². The monoisotopic (exact) mass is 311 g/mol. The Balaban J connectivity index is 1.55. The van der Waals surface area contributed by atoms with Crippen LogP contribution in [0.15, 0.2) is 58.3 Å². The molecule has 0 saturated carbocycles. The molecular weight excluding hydrogens is 294 g/mol. The molecule has 0 saturated heterocycles. The molecule has 0 atom stereocenters. The average Bonchev–Trinajstić information content (AvgIpc) is 3.07. The molecule has 6 heteroatoms. The van der Waals surface area contributed by atoms with Crippen LogP contribution in [0.25, 0.3) is 11.0 Å². The molecule has 0 aliphatic carbocycles.